The van der Waals surface area contributed by atoms with Crippen LogP contribution in [0.15, 0.2) is 14.3 Å². The van der Waals surface area contributed by atoms with Crippen LogP contribution in [-0.4, -0.2) is 16.1 Å². The third kappa shape index (κ3) is 2.68. The standard InChI is InChI=1S/C11H9Br2NO2S2/c1-4(2)7-8(11(15)16)18-10(14-7)6-3-5(12)9(13)17-6/h3-4H,1-2H3,(H,15,16). The lowest BCUT2D eigenvalue weighted by Gasteiger charge is -2.00. The van der Waals surface area contributed by atoms with Crippen LogP contribution >= 0.6 is 54.5 Å². The van der Waals surface area contributed by atoms with Gasteiger partial charge in [-0.1, -0.05) is 13.8 Å². The fourth-order valence-corrected chi connectivity index (χ4v) is 4.57. The van der Waals surface area contributed by atoms with Crippen LogP contribution in [0.1, 0.15) is 35.1 Å². The smallest absolute Gasteiger partial charge is 0.347 e. The molecule has 2 aromatic heterocycles. The second kappa shape index (κ2) is 5.40. The molecule has 0 aliphatic heterocycles. The minimum Gasteiger partial charge on any atom is -0.477 e. The fourth-order valence-electron chi connectivity index (χ4n) is 1.43. The van der Waals surface area contributed by atoms with Crippen molar-refractivity contribution in [1.29, 1.82) is 0 Å². The molecule has 2 aromatic rings. The quantitative estimate of drug-likeness (QED) is 0.754. The Morgan fingerprint density at radius 1 is 1.39 bits per heavy atom. The lowest BCUT2D eigenvalue weighted by molar-refractivity contribution is 0.0700. The Labute approximate surface area is 129 Å². The highest BCUT2D eigenvalue weighted by Gasteiger charge is 2.21. The monoisotopic (exact) mass is 409 g/mol. The third-order valence-corrected chi connectivity index (χ3v) is 6.74. The molecule has 0 amide bonds. The molecule has 2 rings (SSSR count). The molecule has 0 aliphatic carbocycles. The number of thiophene rings is 1. The number of thiazole rings is 1. The predicted molar refractivity (Wildman–Crippen MR) is 81.9 cm³/mol. The molecule has 0 aliphatic rings. The van der Waals surface area contributed by atoms with E-state index in [0.29, 0.717) is 10.6 Å². The minimum absolute atomic E-state index is 0.105. The van der Waals surface area contributed by atoms with E-state index >= 15 is 0 Å². The SMILES string of the molecule is CC(C)c1nc(-c2cc(Br)c(Br)s2)sc1C(=O)O. The highest BCUT2D eigenvalue weighted by Crippen LogP contribution is 2.41. The molecule has 0 spiro atoms. The van der Waals surface area contributed by atoms with Gasteiger partial charge in [-0.3, -0.25) is 0 Å². The summed E-state index contributed by atoms with van der Waals surface area (Å²) in [5.41, 5.74) is 0.656. The van der Waals surface area contributed by atoms with Crippen molar-refractivity contribution in [2.75, 3.05) is 0 Å². The Hall–Kier alpha value is -0.240. The van der Waals surface area contributed by atoms with Crippen LogP contribution in [0.3, 0.4) is 0 Å². The zero-order valence-corrected chi connectivity index (χ0v) is 14.3. The van der Waals surface area contributed by atoms with Gasteiger partial charge < -0.3 is 5.11 Å². The second-order valence-electron chi connectivity index (χ2n) is 3.93. The van der Waals surface area contributed by atoms with Crippen LogP contribution < -0.4 is 0 Å². The van der Waals surface area contributed by atoms with E-state index in [2.05, 4.69) is 36.8 Å². The summed E-state index contributed by atoms with van der Waals surface area (Å²) >= 11 is 9.62. The number of nitrogens with zero attached hydrogens (tertiary/aromatic N) is 1. The van der Waals surface area contributed by atoms with Gasteiger partial charge in [0.2, 0.25) is 0 Å². The van der Waals surface area contributed by atoms with E-state index in [-0.39, 0.29) is 5.92 Å². The molecule has 3 nitrogen and oxygen atoms in total. The average Bonchev–Trinajstić information content (AvgIpc) is 2.83. The first kappa shape index (κ1) is 14.2. The van der Waals surface area contributed by atoms with Gasteiger partial charge in [0.25, 0.3) is 0 Å². The van der Waals surface area contributed by atoms with Crippen LogP contribution in [0.5, 0.6) is 0 Å². The van der Waals surface area contributed by atoms with E-state index in [4.69, 9.17) is 0 Å². The van der Waals surface area contributed by atoms with Gasteiger partial charge >= 0.3 is 5.97 Å². The molecule has 0 radical (unpaired) electrons. The van der Waals surface area contributed by atoms with Crippen molar-refractivity contribution in [3.63, 3.8) is 0 Å². The van der Waals surface area contributed by atoms with Crippen molar-refractivity contribution in [1.82, 2.24) is 4.98 Å². The maximum Gasteiger partial charge on any atom is 0.347 e. The highest BCUT2D eigenvalue weighted by molar-refractivity contribution is 9.13. The molecule has 0 fully saturated rings. The molecule has 18 heavy (non-hydrogen) atoms. The van der Waals surface area contributed by atoms with Crippen LogP contribution in [0.2, 0.25) is 0 Å². The van der Waals surface area contributed by atoms with E-state index in [9.17, 15) is 9.90 Å². The zero-order valence-electron chi connectivity index (χ0n) is 9.53. The Morgan fingerprint density at radius 2 is 2.06 bits per heavy atom. The third-order valence-electron chi connectivity index (χ3n) is 2.25. The summed E-state index contributed by atoms with van der Waals surface area (Å²) in [6, 6.07) is 1.95. The van der Waals surface area contributed by atoms with Crippen LogP contribution in [-0.2, 0) is 0 Å². The maximum absolute atomic E-state index is 11.2. The number of carbonyl (C=O) groups is 1. The van der Waals surface area contributed by atoms with Crippen molar-refractivity contribution < 1.29 is 9.90 Å². The van der Waals surface area contributed by atoms with Gasteiger partial charge in [0.15, 0.2) is 0 Å². The molecule has 0 bridgehead atoms. The largest absolute Gasteiger partial charge is 0.477 e. The highest BCUT2D eigenvalue weighted by atomic mass is 79.9. The fraction of sp³-hybridized carbons (Fsp3) is 0.273. The number of aromatic carboxylic acids is 1. The molecule has 1 N–H and O–H groups in total. The first-order valence-electron chi connectivity index (χ1n) is 5.09. The topological polar surface area (TPSA) is 50.2 Å². The first-order chi connectivity index (χ1) is 8.40. The summed E-state index contributed by atoms with van der Waals surface area (Å²) in [5, 5.41) is 9.95. The zero-order chi connectivity index (χ0) is 13.4. The summed E-state index contributed by atoms with van der Waals surface area (Å²) < 4.78 is 1.94. The van der Waals surface area contributed by atoms with Crippen LogP contribution in [0.4, 0.5) is 0 Å². The van der Waals surface area contributed by atoms with Gasteiger partial charge in [-0.25, -0.2) is 9.78 Å². The molecule has 2 heterocycles. The van der Waals surface area contributed by atoms with Crippen molar-refractivity contribution >= 4 is 60.5 Å². The average molecular weight is 411 g/mol. The van der Waals surface area contributed by atoms with Gasteiger partial charge in [0.05, 0.1) is 14.4 Å². The van der Waals surface area contributed by atoms with Gasteiger partial charge in [0.1, 0.15) is 9.88 Å². The summed E-state index contributed by atoms with van der Waals surface area (Å²) in [6.45, 7) is 3.90. The molecule has 0 saturated carbocycles. The van der Waals surface area contributed by atoms with E-state index in [1.54, 1.807) is 0 Å². The van der Waals surface area contributed by atoms with Crippen molar-refractivity contribution in [3.8, 4) is 9.88 Å². The van der Waals surface area contributed by atoms with E-state index in [1.807, 2.05) is 19.9 Å². The molecular formula is C11H9Br2NO2S2. The Bertz CT molecular complexity index is 585. The number of halogens is 2. The summed E-state index contributed by atoms with van der Waals surface area (Å²) in [6.07, 6.45) is 0. The summed E-state index contributed by atoms with van der Waals surface area (Å²) in [5.74, 6) is -0.801. The van der Waals surface area contributed by atoms with Crippen LogP contribution in [0, 0.1) is 0 Å². The van der Waals surface area contributed by atoms with Gasteiger partial charge in [-0.05, 0) is 43.8 Å². The maximum atomic E-state index is 11.2. The second-order valence-corrected chi connectivity index (χ2v) is 8.15. The van der Waals surface area contributed by atoms with Gasteiger partial charge in [-0.15, -0.1) is 22.7 Å². The Morgan fingerprint density at radius 3 is 2.44 bits per heavy atom. The van der Waals surface area contributed by atoms with Crippen molar-refractivity contribution in [3.05, 3.63) is 24.9 Å². The lowest BCUT2D eigenvalue weighted by Crippen LogP contribution is -2.00. The van der Waals surface area contributed by atoms with E-state index in [0.717, 1.165) is 18.1 Å². The number of carboxylic acids is 1. The van der Waals surface area contributed by atoms with Crippen LogP contribution in [0.25, 0.3) is 9.88 Å². The molecular weight excluding hydrogens is 402 g/mol. The number of aromatic nitrogens is 1. The molecule has 96 valence electrons. The minimum atomic E-state index is -0.905. The Kier molecular flexibility index (Phi) is 4.25. The summed E-state index contributed by atoms with van der Waals surface area (Å²) in [7, 11) is 0. The lowest BCUT2D eigenvalue weighted by atomic mass is 10.1. The van der Waals surface area contributed by atoms with Crippen molar-refractivity contribution in [2.24, 2.45) is 0 Å². The normalized spacial score (nSPS) is 11.2. The number of hydrogen-bond acceptors (Lipinski definition) is 4. The van der Waals surface area contributed by atoms with Gasteiger partial charge in [-0.2, -0.15) is 0 Å². The number of carboxylic acid groups (broad SMARTS) is 1. The van der Waals surface area contributed by atoms with Gasteiger partial charge in [0, 0.05) is 4.47 Å². The molecule has 7 heteroatoms. The molecule has 0 aromatic carbocycles. The Balaban J connectivity index is 2.53. The predicted octanol–water partition coefficient (Wildman–Crippen LogP) is 5.22. The number of hydrogen-bond donors (Lipinski definition) is 1. The number of rotatable bonds is 3. The first-order valence-corrected chi connectivity index (χ1v) is 8.31. The molecule has 0 saturated heterocycles. The van der Waals surface area contributed by atoms with E-state index in [1.165, 1.54) is 22.7 Å². The van der Waals surface area contributed by atoms with E-state index < -0.39 is 5.97 Å². The molecule has 0 unspecified atom stereocenters. The molecule has 0 atom stereocenters. The summed E-state index contributed by atoms with van der Waals surface area (Å²) in [4.78, 5) is 17.0. The van der Waals surface area contributed by atoms with Crippen molar-refractivity contribution in [2.45, 2.75) is 19.8 Å².